The highest BCUT2D eigenvalue weighted by molar-refractivity contribution is 7.98. The van der Waals surface area contributed by atoms with Crippen molar-refractivity contribution in [2.24, 2.45) is 5.84 Å². The third-order valence-corrected chi connectivity index (χ3v) is 4.01. The maximum atomic E-state index is 10.8. The molecule has 2 rings (SSSR count). The molecule has 0 aliphatic rings. The first-order chi connectivity index (χ1) is 9.61. The van der Waals surface area contributed by atoms with Crippen molar-refractivity contribution in [2.75, 3.05) is 5.43 Å². The van der Waals surface area contributed by atoms with Gasteiger partial charge in [0.15, 0.2) is 0 Å². The maximum absolute atomic E-state index is 10.8. The van der Waals surface area contributed by atoms with Crippen LogP contribution in [0.25, 0.3) is 0 Å². The Kier molecular flexibility index (Phi) is 4.78. The highest BCUT2D eigenvalue weighted by Gasteiger charge is 2.13. The van der Waals surface area contributed by atoms with Gasteiger partial charge in [-0.1, -0.05) is 17.7 Å². The van der Waals surface area contributed by atoms with E-state index in [0.717, 1.165) is 10.6 Å². The highest BCUT2D eigenvalue weighted by atomic mass is 35.5. The molecule has 0 aliphatic heterocycles. The van der Waals surface area contributed by atoms with Crippen LogP contribution in [0.5, 0.6) is 0 Å². The predicted octanol–water partition coefficient (Wildman–Crippen LogP) is 3.22. The van der Waals surface area contributed by atoms with Crippen LogP contribution in [0.2, 0.25) is 5.02 Å². The lowest BCUT2D eigenvalue weighted by molar-refractivity contribution is -0.384. The van der Waals surface area contributed by atoms with Gasteiger partial charge in [-0.3, -0.25) is 16.0 Å². The van der Waals surface area contributed by atoms with E-state index in [1.807, 2.05) is 0 Å². The van der Waals surface area contributed by atoms with Crippen LogP contribution in [0.15, 0.2) is 41.6 Å². The van der Waals surface area contributed by atoms with Crippen molar-refractivity contribution >= 4 is 34.7 Å². The third-order valence-electron chi connectivity index (χ3n) is 2.51. The Morgan fingerprint density at radius 3 is 2.90 bits per heavy atom. The van der Waals surface area contributed by atoms with Gasteiger partial charge >= 0.3 is 0 Å². The van der Waals surface area contributed by atoms with Crippen molar-refractivity contribution in [3.05, 3.63) is 57.2 Å². The van der Waals surface area contributed by atoms with Crippen LogP contribution in [0.4, 0.5) is 11.4 Å². The number of aromatic nitrogens is 1. The summed E-state index contributed by atoms with van der Waals surface area (Å²) in [6.07, 6.45) is 1.66. The van der Waals surface area contributed by atoms with Crippen LogP contribution < -0.4 is 11.3 Å². The van der Waals surface area contributed by atoms with Gasteiger partial charge in [0.05, 0.1) is 9.95 Å². The summed E-state index contributed by atoms with van der Waals surface area (Å²) in [5, 5.41) is 12.1. The Hall–Kier alpha value is -1.83. The fourth-order valence-electron chi connectivity index (χ4n) is 1.58. The minimum Gasteiger partial charge on any atom is -0.318 e. The van der Waals surface area contributed by atoms with Crippen LogP contribution in [0, 0.1) is 10.1 Å². The number of nitrogen functional groups attached to an aromatic ring is 1. The van der Waals surface area contributed by atoms with Gasteiger partial charge in [0.2, 0.25) is 0 Å². The summed E-state index contributed by atoms with van der Waals surface area (Å²) in [7, 11) is 0. The minimum atomic E-state index is -0.484. The van der Waals surface area contributed by atoms with E-state index in [4.69, 9.17) is 17.4 Å². The number of hydrogen-bond acceptors (Lipinski definition) is 6. The predicted molar refractivity (Wildman–Crippen MR) is 79.7 cm³/mol. The first-order valence-corrected chi connectivity index (χ1v) is 6.95. The average Bonchev–Trinajstić information content (AvgIpc) is 2.46. The first kappa shape index (κ1) is 14.6. The van der Waals surface area contributed by atoms with Gasteiger partial charge in [0.1, 0.15) is 10.7 Å². The molecule has 1 aromatic heterocycles. The van der Waals surface area contributed by atoms with Gasteiger partial charge in [-0.05, 0) is 23.8 Å². The number of pyridine rings is 1. The monoisotopic (exact) mass is 310 g/mol. The minimum absolute atomic E-state index is 0.0582. The maximum Gasteiger partial charge on any atom is 0.293 e. The summed E-state index contributed by atoms with van der Waals surface area (Å²) < 4.78 is 0. The topological polar surface area (TPSA) is 94.1 Å². The van der Waals surface area contributed by atoms with E-state index in [1.165, 1.54) is 17.8 Å². The highest BCUT2D eigenvalue weighted by Crippen LogP contribution is 2.30. The molecule has 104 valence electrons. The molecule has 6 nitrogen and oxygen atoms in total. The largest absolute Gasteiger partial charge is 0.318 e. The van der Waals surface area contributed by atoms with Gasteiger partial charge in [-0.2, -0.15) is 0 Å². The molecule has 20 heavy (non-hydrogen) atoms. The number of hydrazine groups is 1. The molecule has 0 radical (unpaired) electrons. The van der Waals surface area contributed by atoms with E-state index < -0.39 is 4.92 Å². The summed E-state index contributed by atoms with van der Waals surface area (Å²) in [5.41, 5.74) is 3.44. The van der Waals surface area contributed by atoms with Crippen LogP contribution in [-0.2, 0) is 5.75 Å². The fourth-order valence-corrected chi connectivity index (χ4v) is 2.69. The number of benzene rings is 1. The molecule has 0 aliphatic carbocycles. The average molecular weight is 311 g/mol. The molecule has 0 saturated heterocycles. The van der Waals surface area contributed by atoms with Gasteiger partial charge in [-0.15, -0.1) is 11.8 Å². The summed E-state index contributed by atoms with van der Waals surface area (Å²) >= 11 is 7.46. The Morgan fingerprint density at radius 1 is 1.45 bits per heavy atom. The SMILES string of the molecule is NNc1cc(CSc2ncccc2Cl)ccc1[N+](=O)[O-]. The van der Waals surface area contributed by atoms with Crippen molar-refractivity contribution in [2.45, 2.75) is 10.8 Å². The lowest BCUT2D eigenvalue weighted by Gasteiger charge is -2.06. The molecule has 0 saturated carbocycles. The Labute approximate surface area is 124 Å². The fraction of sp³-hybridized carbons (Fsp3) is 0.0833. The number of rotatable bonds is 5. The van der Waals surface area contributed by atoms with E-state index in [1.54, 1.807) is 30.5 Å². The number of hydrogen-bond donors (Lipinski definition) is 2. The number of nitro benzene ring substituents is 1. The second-order valence-corrected chi connectivity index (χ2v) is 5.20. The molecule has 0 fully saturated rings. The summed E-state index contributed by atoms with van der Waals surface area (Å²) in [6.45, 7) is 0. The molecule has 1 aromatic carbocycles. The lowest BCUT2D eigenvalue weighted by atomic mass is 10.2. The van der Waals surface area contributed by atoms with E-state index in [-0.39, 0.29) is 11.4 Å². The second kappa shape index (κ2) is 6.56. The molecule has 0 spiro atoms. The molecule has 0 bridgehead atoms. The van der Waals surface area contributed by atoms with Crippen LogP contribution in [0.3, 0.4) is 0 Å². The number of nitro groups is 1. The number of thioether (sulfide) groups is 1. The number of halogens is 1. The molecule has 0 unspecified atom stereocenters. The van der Waals surface area contributed by atoms with Crippen LogP contribution in [-0.4, -0.2) is 9.91 Å². The number of nitrogens with zero attached hydrogens (tertiary/aromatic N) is 2. The Balaban J connectivity index is 2.15. The quantitative estimate of drug-likeness (QED) is 0.381. The Morgan fingerprint density at radius 2 is 2.25 bits per heavy atom. The van der Waals surface area contributed by atoms with Crippen molar-refractivity contribution in [3.63, 3.8) is 0 Å². The summed E-state index contributed by atoms with van der Waals surface area (Å²) in [4.78, 5) is 14.5. The Bertz CT molecular complexity index is 639. The molecular formula is C12H11ClN4O2S. The van der Waals surface area contributed by atoms with E-state index in [0.29, 0.717) is 10.8 Å². The number of anilines is 1. The lowest BCUT2D eigenvalue weighted by Crippen LogP contribution is -2.09. The molecule has 8 heteroatoms. The number of nitrogens with two attached hydrogens (primary N) is 1. The van der Waals surface area contributed by atoms with Crippen molar-refractivity contribution in [1.29, 1.82) is 0 Å². The van der Waals surface area contributed by atoms with E-state index in [9.17, 15) is 10.1 Å². The van der Waals surface area contributed by atoms with Gasteiger partial charge in [0, 0.05) is 18.0 Å². The molecule has 1 heterocycles. The number of nitrogens with one attached hydrogen (secondary N) is 1. The van der Waals surface area contributed by atoms with Crippen molar-refractivity contribution in [3.8, 4) is 0 Å². The van der Waals surface area contributed by atoms with Crippen molar-refractivity contribution in [1.82, 2.24) is 4.98 Å². The second-order valence-electron chi connectivity index (χ2n) is 3.83. The molecule has 0 atom stereocenters. The molecule has 0 amide bonds. The molecule has 2 aromatic rings. The first-order valence-electron chi connectivity index (χ1n) is 5.59. The molecular weight excluding hydrogens is 300 g/mol. The van der Waals surface area contributed by atoms with Gasteiger partial charge in [0.25, 0.3) is 5.69 Å². The van der Waals surface area contributed by atoms with Crippen molar-refractivity contribution < 1.29 is 4.92 Å². The van der Waals surface area contributed by atoms with E-state index >= 15 is 0 Å². The zero-order valence-corrected chi connectivity index (χ0v) is 11.8. The standard InChI is InChI=1S/C12H11ClN4O2S/c13-9-2-1-5-15-12(9)20-7-8-3-4-11(17(18)19)10(6-8)16-14/h1-6,16H,7,14H2. The third kappa shape index (κ3) is 3.38. The van der Waals surface area contributed by atoms with Crippen LogP contribution >= 0.6 is 23.4 Å². The zero-order valence-electron chi connectivity index (χ0n) is 10.2. The normalized spacial score (nSPS) is 10.3. The van der Waals surface area contributed by atoms with Crippen LogP contribution in [0.1, 0.15) is 5.56 Å². The smallest absolute Gasteiger partial charge is 0.293 e. The van der Waals surface area contributed by atoms with Gasteiger partial charge in [-0.25, -0.2) is 4.98 Å². The molecule has 3 N–H and O–H groups in total. The van der Waals surface area contributed by atoms with E-state index in [2.05, 4.69) is 10.4 Å². The zero-order chi connectivity index (χ0) is 14.5. The summed E-state index contributed by atoms with van der Waals surface area (Å²) in [6, 6.07) is 8.27. The van der Waals surface area contributed by atoms with Gasteiger partial charge < -0.3 is 5.43 Å². The summed E-state index contributed by atoms with van der Waals surface area (Å²) in [5.74, 6) is 5.88.